The molecular weight excluding hydrogens is 297 g/mol. The van der Waals surface area contributed by atoms with E-state index < -0.39 is 11.3 Å². The van der Waals surface area contributed by atoms with Gasteiger partial charge in [0.15, 0.2) is 5.75 Å². The molecule has 1 aromatic carbocycles. The second kappa shape index (κ2) is 5.61. The second-order valence-electron chi connectivity index (χ2n) is 5.98. The number of nitrogens with zero attached hydrogens (tertiary/aromatic N) is 2. The fourth-order valence-corrected chi connectivity index (χ4v) is 2.96. The summed E-state index contributed by atoms with van der Waals surface area (Å²) in [6.07, 6.45) is 2.16. The zero-order valence-electron chi connectivity index (χ0n) is 13.0. The Labute approximate surface area is 133 Å². The number of hydrogen-bond donors (Lipinski definition) is 1. The van der Waals surface area contributed by atoms with Crippen LogP contribution in [0.5, 0.6) is 5.75 Å². The molecule has 1 saturated carbocycles. The van der Waals surface area contributed by atoms with E-state index in [4.69, 9.17) is 10.5 Å². The Balaban J connectivity index is 1.85. The second-order valence-corrected chi connectivity index (χ2v) is 5.98. The standard InChI is InChI=1S/C17H18FN3O2/c1-10-15(8-20-11(2)21-10)23-9-17(7-14(17)16(19)22)12-4-3-5-13(18)6-12/h3-6,8,14H,7,9H2,1-2H3,(H2,19,22)/t14?,17-/m1/s1. The van der Waals surface area contributed by atoms with E-state index in [1.54, 1.807) is 25.3 Å². The first-order valence-electron chi connectivity index (χ1n) is 7.41. The zero-order valence-corrected chi connectivity index (χ0v) is 13.0. The van der Waals surface area contributed by atoms with Gasteiger partial charge in [0, 0.05) is 5.41 Å². The summed E-state index contributed by atoms with van der Waals surface area (Å²) >= 11 is 0. The maximum Gasteiger partial charge on any atom is 0.221 e. The molecule has 2 aromatic rings. The lowest BCUT2D eigenvalue weighted by atomic mass is 9.93. The van der Waals surface area contributed by atoms with Gasteiger partial charge in [0.25, 0.3) is 0 Å². The number of nitrogens with two attached hydrogens (primary N) is 1. The van der Waals surface area contributed by atoms with Gasteiger partial charge in [-0.1, -0.05) is 12.1 Å². The largest absolute Gasteiger partial charge is 0.489 e. The predicted molar refractivity (Wildman–Crippen MR) is 82.4 cm³/mol. The maximum atomic E-state index is 13.5. The van der Waals surface area contributed by atoms with Crippen LogP contribution in [0.3, 0.4) is 0 Å². The van der Waals surface area contributed by atoms with Crippen LogP contribution in [0, 0.1) is 25.6 Å². The van der Waals surface area contributed by atoms with Crippen LogP contribution in [0.1, 0.15) is 23.5 Å². The molecule has 1 unspecified atom stereocenters. The third-order valence-corrected chi connectivity index (χ3v) is 4.36. The minimum atomic E-state index is -0.578. The molecule has 0 saturated heterocycles. The van der Waals surface area contributed by atoms with Crippen LogP contribution in [-0.2, 0) is 10.2 Å². The first kappa shape index (κ1) is 15.4. The SMILES string of the molecule is Cc1ncc(OC[C@@]2(c3cccc(F)c3)CC2C(N)=O)c(C)n1. The van der Waals surface area contributed by atoms with Gasteiger partial charge < -0.3 is 10.5 Å². The highest BCUT2D eigenvalue weighted by molar-refractivity contribution is 5.82. The summed E-state index contributed by atoms with van der Waals surface area (Å²) in [5, 5.41) is 0. The molecule has 6 heteroatoms. The summed E-state index contributed by atoms with van der Waals surface area (Å²) in [7, 11) is 0. The molecule has 1 fully saturated rings. The van der Waals surface area contributed by atoms with Crippen molar-refractivity contribution >= 4 is 5.91 Å². The van der Waals surface area contributed by atoms with Crippen LogP contribution < -0.4 is 10.5 Å². The van der Waals surface area contributed by atoms with Gasteiger partial charge in [0.05, 0.1) is 24.4 Å². The summed E-state index contributed by atoms with van der Waals surface area (Å²) in [5.41, 5.74) is 6.33. The molecule has 0 aliphatic heterocycles. The van der Waals surface area contributed by atoms with E-state index in [1.807, 2.05) is 6.92 Å². The Bertz CT molecular complexity index is 765. The fourth-order valence-electron chi connectivity index (χ4n) is 2.96. The molecule has 1 aliphatic rings. The number of carbonyl (C=O) groups excluding carboxylic acids is 1. The molecule has 2 atom stereocenters. The van der Waals surface area contributed by atoms with Gasteiger partial charge in [-0.2, -0.15) is 0 Å². The van der Waals surface area contributed by atoms with E-state index in [0.717, 1.165) is 11.3 Å². The smallest absolute Gasteiger partial charge is 0.221 e. The van der Waals surface area contributed by atoms with E-state index in [-0.39, 0.29) is 18.3 Å². The average molecular weight is 315 g/mol. The summed E-state index contributed by atoms with van der Waals surface area (Å²) in [5.74, 6) is 0.134. The molecular formula is C17H18FN3O2. The van der Waals surface area contributed by atoms with Crippen LogP contribution in [0.2, 0.25) is 0 Å². The first-order valence-corrected chi connectivity index (χ1v) is 7.41. The van der Waals surface area contributed by atoms with E-state index in [0.29, 0.717) is 18.0 Å². The minimum Gasteiger partial charge on any atom is -0.489 e. The molecule has 3 rings (SSSR count). The highest BCUT2D eigenvalue weighted by atomic mass is 19.1. The monoisotopic (exact) mass is 315 g/mol. The molecule has 23 heavy (non-hydrogen) atoms. The Hall–Kier alpha value is -2.50. The van der Waals surface area contributed by atoms with Gasteiger partial charge in [0.1, 0.15) is 11.6 Å². The molecule has 120 valence electrons. The minimum absolute atomic E-state index is 0.233. The summed E-state index contributed by atoms with van der Waals surface area (Å²) in [4.78, 5) is 20.0. The van der Waals surface area contributed by atoms with Crippen molar-refractivity contribution in [2.75, 3.05) is 6.61 Å². The molecule has 1 amide bonds. The lowest BCUT2D eigenvalue weighted by Gasteiger charge is -2.19. The predicted octanol–water partition coefficient (Wildman–Crippen LogP) is 2.05. The highest BCUT2D eigenvalue weighted by Gasteiger charge is 2.59. The molecule has 5 nitrogen and oxygen atoms in total. The van der Waals surface area contributed by atoms with Gasteiger partial charge in [-0.15, -0.1) is 0 Å². The third kappa shape index (κ3) is 2.88. The number of aromatic nitrogens is 2. The van der Waals surface area contributed by atoms with Crippen LogP contribution in [-0.4, -0.2) is 22.5 Å². The van der Waals surface area contributed by atoms with Crippen LogP contribution in [0.25, 0.3) is 0 Å². The van der Waals surface area contributed by atoms with Crippen molar-refractivity contribution in [1.82, 2.24) is 9.97 Å². The number of carbonyl (C=O) groups is 1. The van der Waals surface area contributed by atoms with Crippen molar-refractivity contribution in [3.63, 3.8) is 0 Å². The number of rotatable bonds is 5. The van der Waals surface area contributed by atoms with Crippen molar-refractivity contribution in [3.8, 4) is 5.75 Å². The van der Waals surface area contributed by atoms with E-state index in [2.05, 4.69) is 9.97 Å². The Morgan fingerprint density at radius 3 is 2.87 bits per heavy atom. The first-order chi connectivity index (χ1) is 10.9. The van der Waals surface area contributed by atoms with Crippen LogP contribution >= 0.6 is 0 Å². The fraction of sp³-hybridized carbons (Fsp3) is 0.353. The highest BCUT2D eigenvalue weighted by Crippen LogP contribution is 2.54. The van der Waals surface area contributed by atoms with Crippen molar-refractivity contribution in [2.24, 2.45) is 11.7 Å². The van der Waals surface area contributed by atoms with E-state index in [9.17, 15) is 9.18 Å². The average Bonchev–Trinajstić information content (AvgIpc) is 3.23. The van der Waals surface area contributed by atoms with E-state index in [1.165, 1.54) is 12.1 Å². The summed E-state index contributed by atoms with van der Waals surface area (Å²) < 4.78 is 19.4. The van der Waals surface area contributed by atoms with Crippen molar-refractivity contribution in [3.05, 3.63) is 53.4 Å². The molecule has 1 heterocycles. The maximum absolute atomic E-state index is 13.5. The Morgan fingerprint density at radius 2 is 2.26 bits per heavy atom. The number of benzene rings is 1. The normalized spacial score (nSPS) is 22.7. The summed E-state index contributed by atoms with van der Waals surface area (Å²) in [6.45, 7) is 3.86. The number of primary amides is 1. The molecule has 2 N–H and O–H groups in total. The van der Waals surface area contributed by atoms with Crippen LogP contribution in [0.4, 0.5) is 4.39 Å². The van der Waals surface area contributed by atoms with Gasteiger partial charge in [-0.25, -0.2) is 14.4 Å². The quantitative estimate of drug-likeness (QED) is 0.916. The Kier molecular flexibility index (Phi) is 3.75. The molecule has 0 radical (unpaired) electrons. The van der Waals surface area contributed by atoms with Crippen molar-refractivity contribution < 1.29 is 13.9 Å². The zero-order chi connectivity index (χ0) is 16.6. The Morgan fingerprint density at radius 1 is 1.48 bits per heavy atom. The lowest BCUT2D eigenvalue weighted by molar-refractivity contribution is -0.119. The molecule has 0 bridgehead atoms. The molecule has 0 spiro atoms. The van der Waals surface area contributed by atoms with Crippen molar-refractivity contribution in [2.45, 2.75) is 25.7 Å². The van der Waals surface area contributed by atoms with E-state index >= 15 is 0 Å². The topological polar surface area (TPSA) is 78.1 Å². The lowest BCUT2D eigenvalue weighted by Crippen LogP contribution is -2.27. The van der Waals surface area contributed by atoms with Crippen molar-refractivity contribution in [1.29, 1.82) is 0 Å². The third-order valence-electron chi connectivity index (χ3n) is 4.36. The van der Waals surface area contributed by atoms with Gasteiger partial charge >= 0.3 is 0 Å². The number of hydrogen-bond acceptors (Lipinski definition) is 4. The number of aryl methyl sites for hydroxylation is 2. The number of ether oxygens (including phenoxy) is 1. The van der Waals surface area contributed by atoms with Gasteiger partial charge in [-0.05, 0) is 38.0 Å². The molecule has 1 aromatic heterocycles. The number of halogens is 1. The number of amides is 1. The van der Waals surface area contributed by atoms with Gasteiger partial charge in [-0.3, -0.25) is 4.79 Å². The van der Waals surface area contributed by atoms with Gasteiger partial charge in [0.2, 0.25) is 5.91 Å². The van der Waals surface area contributed by atoms with Crippen LogP contribution in [0.15, 0.2) is 30.5 Å². The summed E-state index contributed by atoms with van der Waals surface area (Å²) in [6, 6.07) is 6.24. The molecule has 1 aliphatic carbocycles.